The fraction of sp³-hybridized carbons (Fsp3) is 0.190. The van der Waals surface area contributed by atoms with Crippen LogP contribution < -0.4 is 10.9 Å². The summed E-state index contributed by atoms with van der Waals surface area (Å²) in [7, 11) is 0. The molecule has 1 aliphatic rings. The van der Waals surface area contributed by atoms with E-state index in [1.807, 2.05) is 25.1 Å². The minimum absolute atomic E-state index is 0.0626. The maximum atomic E-state index is 12.8. The summed E-state index contributed by atoms with van der Waals surface area (Å²) in [6, 6.07) is 13.3. The molecule has 6 nitrogen and oxygen atoms in total. The Bertz CT molecular complexity index is 1150. The summed E-state index contributed by atoms with van der Waals surface area (Å²) < 4.78 is 1.72. The number of anilines is 1. The molecule has 0 amide bonds. The molecule has 2 aromatic carbocycles. The Morgan fingerprint density at radius 1 is 1.30 bits per heavy atom. The van der Waals surface area contributed by atoms with Gasteiger partial charge in [0.1, 0.15) is 12.4 Å². The van der Waals surface area contributed by atoms with Gasteiger partial charge < -0.3 is 10.4 Å². The van der Waals surface area contributed by atoms with Gasteiger partial charge in [-0.2, -0.15) is 0 Å². The van der Waals surface area contributed by atoms with Crippen LogP contribution in [0.15, 0.2) is 47.3 Å². The average Bonchev–Trinajstić information content (AvgIpc) is 3.03. The van der Waals surface area contributed by atoms with Gasteiger partial charge in [-0.25, -0.2) is 4.98 Å². The Morgan fingerprint density at radius 2 is 2.15 bits per heavy atom. The summed E-state index contributed by atoms with van der Waals surface area (Å²) in [5.41, 5.74) is 4.43. The zero-order chi connectivity index (χ0) is 19.0. The fourth-order valence-electron chi connectivity index (χ4n) is 3.40. The van der Waals surface area contributed by atoms with E-state index in [1.165, 1.54) is 5.56 Å². The molecule has 0 radical (unpaired) electrons. The number of fused-ring (bicyclic) bond motifs is 2. The van der Waals surface area contributed by atoms with Crippen molar-refractivity contribution in [3.05, 3.63) is 69.8 Å². The first-order chi connectivity index (χ1) is 13.0. The molecule has 0 fully saturated rings. The zero-order valence-corrected chi connectivity index (χ0v) is 14.9. The molecule has 6 heteroatoms. The predicted molar refractivity (Wildman–Crippen MR) is 106 cm³/mol. The molecule has 4 rings (SSSR count). The molecule has 0 unspecified atom stereocenters. The monoisotopic (exact) mass is 361 g/mol. The Kier molecular flexibility index (Phi) is 4.24. The second-order valence-corrected chi connectivity index (χ2v) is 6.71. The Balaban J connectivity index is 1.79. The van der Waals surface area contributed by atoms with Crippen LogP contribution in [-0.2, 0) is 11.3 Å². The molecule has 3 aromatic rings. The average molecular weight is 361 g/mol. The maximum absolute atomic E-state index is 12.8. The third-order valence-electron chi connectivity index (χ3n) is 4.67. The van der Waals surface area contributed by atoms with Gasteiger partial charge in [-0.05, 0) is 48.8 Å². The van der Waals surface area contributed by atoms with E-state index < -0.39 is 5.97 Å². The van der Waals surface area contributed by atoms with Crippen molar-refractivity contribution in [3.8, 4) is 0 Å². The van der Waals surface area contributed by atoms with Crippen LogP contribution in [0, 0.1) is 6.92 Å². The number of allylic oxidation sites excluding steroid dienone is 1. The number of nitrogens with one attached hydrogen (secondary N) is 1. The summed E-state index contributed by atoms with van der Waals surface area (Å²) in [5.74, 6) is -0.259. The Morgan fingerprint density at radius 3 is 2.93 bits per heavy atom. The molecule has 2 heterocycles. The van der Waals surface area contributed by atoms with Crippen molar-refractivity contribution < 1.29 is 9.90 Å². The Hall–Kier alpha value is -3.41. The summed E-state index contributed by atoms with van der Waals surface area (Å²) in [5, 5.41) is 12.2. The van der Waals surface area contributed by atoms with Crippen LogP contribution in [-0.4, -0.2) is 27.2 Å². The first kappa shape index (κ1) is 17.0. The van der Waals surface area contributed by atoms with Gasteiger partial charge in [0.15, 0.2) is 0 Å². The molecule has 2 N–H and O–H groups in total. The number of aromatic nitrogens is 2. The summed E-state index contributed by atoms with van der Waals surface area (Å²) in [6.45, 7) is 2.48. The highest BCUT2D eigenvalue weighted by Gasteiger charge is 2.21. The first-order valence-corrected chi connectivity index (χ1v) is 8.79. The molecule has 0 aliphatic carbocycles. The van der Waals surface area contributed by atoms with E-state index in [9.17, 15) is 9.59 Å². The number of hydrogen-bond donors (Lipinski definition) is 2. The molecule has 136 valence electrons. The number of aliphatic carboxylic acids is 1. The van der Waals surface area contributed by atoms with Gasteiger partial charge in [-0.3, -0.25) is 14.2 Å². The third-order valence-corrected chi connectivity index (χ3v) is 4.67. The van der Waals surface area contributed by atoms with Crippen molar-refractivity contribution in [3.63, 3.8) is 0 Å². The van der Waals surface area contributed by atoms with E-state index in [2.05, 4.69) is 17.5 Å². The first-order valence-electron chi connectivity index (χ1n) is 8.79. The summed E-state index contributed by atoms with van der Waals surface area (Å²) in [6.07, 6.45) is 2.84. The third kappa shape index (κ3) is 3.33. The van der Waals surface area contributed by atoms with E-state index in [-0.39, 0.29) is 12.1 Å². The lowest BCUT2D eigenvalue weighted by molar-refractivity contribution is -0.134. The smallest absolute Gasteiger partial charge is 0.322 e. The van der Waals surface area contributed by atoms with Crippen LogP contribution in [0.4, 0.5) is 5.69 Å². The molecular formula is C21H19N3O3. The summed E-state index contributed by atoms with van der Waals surface area (Å²) >= 11 is 0. The van der Waals surface area contributed by atoms with Crippen LogP contribution in [0.3, 0.4) is 0 Å². The minimum Gasteiger partial charge on any atom is -0.480 e. The van der Waals surface area contributed by atoms with Crippen LogP contribution in [0.25, 0.3) is 22.6 Å². The van der Waals surface area contributed by atoms with Gasteiger partial charge in [0.2, 0.25) is 0 Å². The number of benzene rings is 2. The summed E-state index contributed by atoms with van der Waals surface area (Å²) in [4.78, 5) is 28.3. The normalized spacial score (nSPS) is 14.5. The van der Waals surface area contributed by atoms with Crippen LogP contribution >= 0.6 is 0 Å². The predicted octanol–water partition coefficient (Wildman–Crippen LogP) is 3.15. The lowest BCUT2D eigenvalue weighted by Gasteiger charge is -2.08. The number of rotatable bonds is 4. The van der Waals surface area contributed by atoms with Crippen LogP contribution in [0.1, 0.15) is 23.4 Å². The van der Waals surface area contributed by atoms with Crippen molar-refractivity contribution in [1.29, 1.82) is 0 Å². The van der Waals surface area contributed by atoms with Gasteiger partial charge in [0.05, 0.1) is 10.9 Å². The SMILES string of the molecule is Cc1cccc(C=C2CCn3c2nc2cc(NCC(=O)O)ccc2c3=O)c1. The molecule has 27 heavy (non-hydrogen) atoms. The number of nitrogens with zero attached hydrogens (tertiary/aromatic N) is 2. The minimum atomic E-state index is -0.944. The topological polar surface area (TPSA) is 84.2 Å². The molecule has 1 aromatic heterocycles. The van der Waals surface area contributed by atoms with Crippen molar-refractivity contribution >= 4 is 34.2 Å². The van der Waals surface area contributed by atoms with E-state index in [1.54, 1.807) is 22.8 Å². The number of hydrogen-bond acceptors (Lipinski definition) is 4. The largest absolute Gasteiger partial charge is 0.480 e. The van der Waals surface area contributed by atoms with Crippen molar-refractivity contribution in [1.82, 2.24) is 9.55 Å². The Labute approximate surface area is 155 Å². The fourth-order valence-corrected chi connectivity index (χ4v) is 3.40. The molecule has 0 spiro atoms. The molecular weight excluding hydrogens is 342 g/mol. The highest BCUT2D eigenvalue weighted by Crippen LogP contribution is 2.28. The van der Waals surface area contributed by atoms with Gasteiger partial charge >= 0.3 is 5.97 Å². The molecule has 0 bridgehead atoms. The van der Waals surface area contributed by atoms with E-state index in [0.29, 0.717) is 29.0 Å². The molecule has 1 aliphatic heterocycles. The van der Waals surface area contributed by atoms with Gasteiger partial charge in [-0.1, -0.05) is 29.8 Å². The highest BCUT2D eigenvalue weighted by atomic mass is 16.4. The lowest BCUT2D eigenvalue weighted by Crippen LogP contribution is -2.21. The molecule has 0 saturated heterocycles. The van der Waals surface area contributed by atoms with Crippen LogP contribution in [0.5, 0.6) is 0 Å². The number of carboxylic acids is 1. The van der Waals surface area contributed by atoms with Crippen LogP contribution in [0.2, 0.25) is 0 Å². The molecule has 0 saturated carbocycles. The van der Waals surface area contributed by atoms with E-state index in [0.717, 1.165) is 17.6 Å². The maximum Gasteiger partial charge on any atom is 0.322 e. The van der Waals surface area contributed by atoms with Crippen molar-refractivity contribution in [2.24, 2.45) is 0 Å². The zero-order valence-electron chi connectivity index (χ0n) is 14.9. The lowest BCUT2D eigenvalue weighted by atomic mass is 10.1. The van der Waals surface area contributed by atoms with Gasteiger partial charge in [-0.15, -0.1) is 0 Å². The number of aryl methyl sites for hydroxylation is 1. The quantitative estimate of drug-likeness (QED) is 0.746. The number of carboxylic acid groups (broad SMARTS) is 1. The second-order valence-electron chi connectivity index (χ2n) is 6.71. The highest BCUT2D eigenvalue weighted by molar-refractivity contribution is 5.86. The van der Waals surface area contributed by atoms with Crippen molar-refractivity contribution in [2.45, 2.75) is 19.9 Å². The van der Waals surface area contributed by atoms with Crippen molar-refractivity contribution in [2.75, 3.05) is 11.9 Å². The van der Waals surface area contributed by atoms with Gasteiger partial charge in [0, 0.05) is 12.2 Å². The number of carbonyl (C=O) groups is 1. The van der Waals surface area contributed by atoms with E-state index in [4.69, 9.17) is 10.1 Å². The van der Waals surface area contributed by atoms with E-state index >= 15 is 0 Å². The second kappa shape index (κ2) is 6.72. The molecule has 0 atom stereocenters. The standard InChI is InChI=1S/C21H19N3O3/c1-13-3-2-4-14(9-13)10-15-7-8-24-20(15)23-18-11-16(22-12-19(25)26)5-6-17(18)21(24)27/h2-6,9-11,22H,7-8,12H2,1H3,(H,25,26). The van der Waals surface area contributed by atoms with Gasteiger partial charge in [0.25, 0.3) is 5.56 Å².